The third-order valence-electron chi connectivity index (χ3n) is 4.43. The maximum atomic E-state index is 13.0. The summed E-state index contributed by atoms with van der Waals surface area (Å²) in [4.78, 5) is 13.0. The Morgan fingerprint density at radius 1 is 1.21 bits per heavy atom. The first-order valence-electron chi connectivity index (χ1n) is 8.78. The molecule has 1 atom stereocenters. The van der Waals surface area contributed by atoms with Crippen LogP contribution in [0.15, 0.2) is 70.8 Å². The molecular formula is C22H19ClN2O2S. The summed E-state index contributed by atoms with van der Waals surface area (Å²) in [7, 11) is 0. The smallest absolute Gasteiger partial charge is 0.337 e. The second-order valence-corrected chi connectivity index (χ2v) is 7.24. The standard InChI is InChI=1S/C22H19ClN2O2S/c1-3-27-22(26)19-18(15-11-7-8-12-17(15)23)16(13-24)21(28-2)25-20(19)14-9-5-4-6-10-14/h4-12,18,25H,3H2,1-2H3/t18-/m0/s1. The summed E-state index contributed by atoms with van der Waals surface area (Å²) in [5.41, 5.74) is 3.00. The number of halogens is 1. The highest BCUT2D eigenvalue weighted by molar-refractivity contribution is 8.02. The van der Waals surface area contributed by atoms with Gasteiger partial charge in [0, 0.05) is 5.02 Å². The number of nitrogens with zero attached hydrogens (tertiary/aromatic N) is 1. The molecule has 0 aliphatic carbocycles. The van der Waals surface area contributed by atoms with Gasteiger partial charge in [-0.1, -0.05) is 60.1 Å². The Balaban J connectivity index is 2.33. The number of rotatable bonds is 5. The maximum Gasteiger partial charge on any atom is 0.337 e. The molecule has 4 nitrogen and oxygen atoms in total. The molecule has 0 unspecified atom stereocenters. The minimum absolute atomic E-state index is 0.237. The molecular weight excluding hydrogens is 392 g/mol. The third kappa shape index (κ3) is 3.80. The van der Waals surface area contributed by atoms with Gasteiger partial charge >= 0.3 is 5.97 Å². The van der Waals surface area contributed by atoms with Crippen molar-refractivity contribution < 1.29 is 9.53 Å². The molecule has 2 aromatic carbocycles. The van der Waals surface area contributed by atoms with Crippen molar-refractivity contribution in [3.8, 4) is 6.07 Å². The van der Waals surface area contributed by atoms with Crippen LogP contribution in [0, 0.1) is 11.3 Å². The summed E-state index contributed by atoms with van der Waals surface area (Å²) in [6, 6.07) is 19.1. The second kappa shape index (κ2) is 9.01. The molecule has 28 heavy (non-hydrogen) atoms. The van der Waals surface area contributed by atoms with Crippen molar-refractivity contribution in [2.45, 2.75) is 12.8 Å². The maximum absolute atomic E-state index is 13.0. The molecule has 1 heterocycles. The minimum atomic E-state index is -0.614. The van der Waals surface area contributed by atoms with E-state index in [1.807, 2.05) is 54.8 Å². The molecule has 0 fully saturated rings. The van der Waals surface area contributed by atoms with E-state index < -0.39 is 11.9 Å². The van der Waals surface area contributed by atoms with Crippen LogP contribution in [0.3, 0.4) is 0 Å². The molecule has 0 aromatic heterocycles. The van der Waals surface area contributed by atoms with Crippen LogP contribution in [0.25, 0.3) is 5.70 Å². The SMILES string of the molecule is CCOC(=O)C1=C(c2ccccc2)NC(SC)=C(C#N)[C@@H]1c1ccccc1Cl. The molecule has 1 N–H and O–H groups in total. The van der Waals surface area contributed by atoms with Crippen molar-refractivity contribution in [2.75, 3.05) is 12.9 Å². The largest absolute Gasteiger partial charge is 0.463 e. The number of ether oxygens (including phenoxy) is 1. The summed E-state index contributed by atoms with van der Waals surface area (Å²) in [6.07, 6.45) is 1.89. The molecule has 0 amide bonds. The topological polar surface area (TPSA) is 62.1 Å². The Labute approximate surface area is 173 Å². The van der Waals surface area contributed by atoms with E-state index in [0.29, 0.717) is 32.5 Å². The predicted molar refractivity (Wildman–Crippen MR) is 113 cm³/mol. The molecule has 0 radical (unpaired) electrons. The lowest BCUT2D eigenvalue weighted by Crippen LogP contribution is -2.29. The molecule has 142 valence electrons. The molecule has 3 rings (SSSR count). The quantitative estimate of drug-likeness (QED) is 0.695. The van der Waals surface area contributed by atoms with E-state index in [-0.39, 0.29) is 6.61 Å². The van der Waals surface area contributed by atoms with Gasteiger partial charge in [0.05, 0.1) is 40.5 Å². The Morgan fingerprint density at radius 2 is 1.89 bits per heavy atom. The van der Waals surface area contributed by atoms with E-state index in [4.69, 9.17) is 16.3 Å². The average molecular weight is 411 g/mol. The first-order valence-corrected chi connectivity index (χ1v) is 10.4. The summed E-state index contributed by atoms with van der Waals surface area (Å²) in [5, 5.41) is 14.4. The van der Waals surface area contributed by atoms with Crippen LogP contribution in [0.1, 0.15) is 24.0 Å². The summed E-state index contributed by atoms with van der Waals surface area (Å²) in [6.45, 7) is 2.00. The van der Waals surface area contributed by atoms with Crippen LogP contribution >= 0.6 is 23.4 Å². The molecule has 6 heteroatoms. The second-order valence-electron chi connectivity index (χ2n) is 6.01. The van der Waals surface area contributed by atoms with Gasteiger partial charge in [-0.05, 0) is 30.4 Å². The van der Waals surface area contributed by atoms with Gasteiger partial charge in [-0.25, -0.2) is 4.79 Å². The van der Waals surface area contributed by atoms with Crippen LogP contribution < -0.4 is 5.32 Å². The van der Waals surface area contributed by atoms with E-state index in [1.165, 1.54) is 11.8 Å². The van der Waals surface area contributed by atoms with Gasteiger partial charge in [-0.3, -0.25) is 0 Å². The number of benzene rings is 2. The lowest BCUT2D eigenvalue weighted by molar-refractivity contribution is -0.138. The normalized spacial score (nSPS) is 16.4. The van der Waals surface area contributed by atoms with Gasteiger partial charge in [0.15, 0.2) is 0 Å². The molecule has 0 saturated heterocycles. The zero-order valence-electron chi connectivity index (χ0n) is 15.5. The number of allylic oxidation sites excluding steroid dienone is 1. The van der Waals surface area contributed by atoms with Crippen LogP contribution in [0.4, 0.5) is 0 Å². The Bertz CT molecular complexity index is 993. The van der Waals surface area contributed by atoms with Crippen molar-refractivity contribution in [3.05, 3.63) is 86.9 Å². The zero-order chi connectivity index (χ0) is 20.1. The first kappa shape index (κ1) is 20.1. The molecule has 0 spiro atoms. The first-order chi connectivity index (χ1) is 13.6. The number of thioether (sulfide) groups is 1. The van der Waals surface area contributed by atoms with E-state index in [1.54, 1.807) is 13.0 Å². The molecule has 0 bridgehead atoms. The number of nitriles is 1. The van der Waals surface area contributed by atoms with Gasteiger partial charge in [0.25, 0.3) is 0 Å². The van der Waals surface area contributed by atoms with E-state index in [9.17, 15) is 10.1 Å². The number of carbonyl (C=O) groups excluding carboxylic acids is 1. The van der Waals surface area contributed by atoms with Gasteiger partial charge in [0.2, 0.25) is 0 Å². The van der Waals surface area contributed by atoms with Gasteiger partial charge < -0.3 is 10.1 Å². The summed E-state index contributed by atoms with van der Waals surface area (Å²) in [5.74, 6) is -1.08. The fraction of sp³-hybridized carbons (Fsp3) is 0.182. The highest BCUT2D eigenvalue weighted by Gasteiger charge is 2.37. The van der Waals surface area contributed by atoms with Crippen molar-refractivity contribution in [2.24, 2.45) is 0 Å². The van der Waals surface area contributed by atoms with Crippen molar-refractivity contribution >= 4 is 35.0 Å². The fourth-order valence-corrected chi connectivity index (χ4v) is 4.06. The van der Waals surface area contributed by atoms with E-state index >= 15 is 0 Å². The summed E-state index contributed by atoms with van der Waals surface area (Å²) < 4.78 is 5.37. The van der Waals surface area contributed by atoms with Crippen LogP contribution in [-0.4, -0.2) is 18.8 Å². The monoisotopic (exact) mass is 410 g/mol. The zero-order valence-corrected chi connectivity index (χ0v) is 17.1. The fourth-order valence-electron chi connectivity index (χ4n) is 3.23. The summed E-state index contributed by atoms with van der Waals surface area (Å²) >= 11 is 7.90. The Kier molecular flexibility index (Phi) is 6.45. The predicted octanol–water partition coefficient (Wildman–Crippen LogP) is 5.10. The lowest BCUT2D eigenvalue weighted by Gasteiger charge is -2.30. The van der Waals surface area contributed by atoms with Crippen molar-refractivity contribution in [1.29, 1.82) is 5.26 Å². The third-order valence-corrected chi connectivity index (χ3v) is 5.50. The highest BCUT2D eigenvalue weighted by atomic mass is 35.5. The molecule has 1 aliphatic heterocycles. The number of esters is 1. The van der Waals surface area contributed by atoms with E-state index in [2.05, 4.69) is 11.4 Å². The van der Waals surface area contributed by atoms with Crippen LogP contribution in [0.5, 0.6) is 0 Å². The van der Waals surface area contributed by atoms with Gasteiger partial charge in [-0.2, -0.15) is 5.26 Å². The van der Waals surface area contributed by atoms with E-state index in [0.717, 1.165) is 5.56 Å². The molecule has 1 aliphatic rings. The van der Waals surface area contributed by atoms with Crippen LogP contribution in [0.2, 0.25) is 5.02 Å². The van der Waals surface area contributed by atoms with Crippen molar-refractivity contribution in [3.63, 3.8) is 0 Å². The lowest BCUT2D eigenvalue weighted by atomic mass is 9.81. The van der Waals surface area contributed by atoms with Gasteiger partial charge in [0.1, 0.15) is 0 Å². The average Bonchev–Trinajstić information content (AvgIpc) is 2.73. The molecule has 0 saturated carbocycles. The van der Waals surface area contributed by atoms with Gasteiger partial charge in [-0.15, -0.1) is 11.8 Å². The van der Waals surface area contributed by atoms with Crippen molar-refractivity contribution in [1.82, 2.24) is 5.32 Å². The Hall–Kier alpha value is -2.68. The number of hydrogen-bond donors (Lipinski definition) is 1. The van der Waals surface area contributed by atoms with Crippen LogP contribution in [-0.2, 0) is 9.53 Å². The number of hydrogen-bond acceptors (Lipinski definition) is 5. The number of carbonyl (C=O) groups is 1. The minimum Gasteiger partial charge on any atom is -0.463 e. The Morgan fingerprint density at radius 3 is 2.50 bits per heavy atom. The highest BCUT2D eigenvalue weighted by Crippen LogP contribution is 2.44. The molecule has 2 aromatic rings. The number of nitrogens with one attached hydrogen (secondary N) is 1. The number of dihydropyridines is 1.